The fourth-order valence-electron chi connectivity index (χ4n) is 2.07. The first kappa shape index (κ1) is 11.9. The number of likely N-dealkylation sites (tertiary alicyclic amines) is 1. The Morgan fingerprint density at radius 2 is 2.24 bits per heavy atom. The minimum atomic E-state index is -0.290. The molecule has 0 amide bonds. The minimum Gasteiger partial charge on any atom is -0.391 e. The average molecular weight is 237 g/mol. The van der Waals surface area contributed by atoms with Gasteiger partial charge in [0.2, 0.25) is 0 Å². The largest absolute Gasteiger partial charge is 0.391 e. The zero-order valence-corrected chi connectivity index (χ0v) is 9.91. The number of aromatic nitrogens is 2. The highest BCUT2D eigenvalue weighted by molar-refractivity contribution is 5.58. The zero-order valence-electron chi connectivity index (χ0n) is 9.91. The monoisotopic (exact) mass is 237 g/mol. The van der Waals surface area contributed by atoms with Crippen LogP contribution in [-0.4, -0.2) is 41.0 Å². The molecular formula is C11H19N5O. The molecule has 0 unspecified atom stereocenters. The molecule has 6 heteroatoms. The Morgan fingerprint density at radius 3 is 3.00 bits per heavy atom. The summed E-state index contributed by atoms with van der Waals surface area (Å²) in [5.41, 5.74) is 5.48. The summed E-state index contributed by atoms with van der Waals surface area (Å²) in [5, 5.41) is 3.09. The smallest absolute Gasteiger partial charge is 0.276 e. The van der Waals surface area contributed by atoms with Crippen molar-refractivity contribution in [2.75, 3.05) is 37.2 Å². The van der Waals surface area contributed by atoms with Crippen LogP contribution in [0.25, 0.3) is 0 Å². The lowest BCUT2D eigenvalue weighted by Gasteiger charge is -2.14. The molecule has 0 aromatic carbocycles. The van der Waals surface area contributed by atoms with Gasteiger partial charge >= 0.3 is 0 Å². The van der Waals surface area contributed by atoms with Crippen LogP contribution in [0.1, 0.15) is 19.3 Å². The third-order valence-electron chi connectivity index (χ3n) is 3.03. The molecule has 1 aliphatic rings. The van der Waals surface area contributed by atoms with Crippen LogP contribution in [0, 0.1) is 0 Å². The molecule has 2 rings (SSSR count). The number of rotatable bonds is 5. The summed E-state index contributed by atoms with van der Waals surface area (Å²) < 4.78 is 0. The molecule has 1 saturated heterocycles. The lowest BCUT2D eigenvalue weighted by atomic mass is 10.3. The molecule has 0 atom stereocenters. The number of nitrogen functional groups attached to an aromatic ring is 1. The second-order valence-electron chi connectivity index (χ2n) is 4.32. The van der Waals surface area contributed by atoms with Crippen molar-refractivity contribution in [3.63, 3.8) is 0 Å². The highest BCUT2D eigenvalue weighted by Gasteiger charge is 2.10. The first-order valence-electron chi connectivity index (χ1n) is 6.07. The molecule has 1 aromatic rings. The fourth-order valence-corrected chi connectivity index (χ4v) is 2.07. The average Bonchev–Trinajstić information content (AvgIpc) is 2.83. The van der Waals surface area contributed by atoms with Gasteiger partial charge in [-0.3, -0.25) is 4.79 Å². The Labute approximate surface area is 100 Å². The molecule has 0 bridgehead atoms. The maximum atomic E-state index is 11.2. The number of nitrogens with two attached hydrogens (primary N) is 1. The molecule has 17 heavy (non-hydrogen) atoms. The second kappa shape index (κ2) is 5.67. The standard InChI is InChI=1S/C11H19N5O/c12-9-10(14-8-15-11(9)17)13-4-3-7-16-5-1-2-6-16/h8H,1-7,12H2,(H2,13,14,15,17). The fraction of sp³-hybridized carbons (Fsp3) is 0.636. The lowest BCUT2D eigenvalue weighted by Crippen LogP contribution is -2.23. The van der Waals surface area contributed by atoms with Crippen molar-refractivity contribution < 1.29 is 0 Å². The van der Waals surface area contributed by atoms with Crippen molar-refractivity contribution in [2.24, 2.45) is 0 Å². The Kier molecular flexibility index (Phi) is 3.98. The van der Waals surface area contributed by atoms with Gasteiger partial charge in [-0.05, 0) is 38.9 Å². The van der Waals surface area contributed by atoms with E-state index >= 15 is 0 Å². The molecule has 0 saturated carbocycles. The molecule has 1 fully saturated rings. The van der Waals surface area contributed by atoms with Crippen LogP contribution in [0.3, 0.4) is 0 Å². The molecule has 0 radical (unpaired) electrons. The van der Waals surface area contributed by atoms with Crippen molar-refractivity contribution in [3.8, 4) is 0 Å². The van der Waals surface area contributed by atoms with Crippen LogP contribution in [0.4, 0.5) is 11.5 Å². The van der Waals surface area contributed by atoms with Crippen molar-refractivity contribution in [3.05, 3.63) is 16.7 Å². The van der Waals surface area contributed by atoms with E-state index in [9.17, 15) is 4.79 Å². The van der Waals surface area contributed by atoms with E-state index in [1.54, 1.807) is 0 Å². The van der Waals surface area contributed by atoms with Gasteiger partial charge < -0.3 is 20.9 Å². The quantitative estimate of drug-likeness (QED) is 0.639. The SMILES string of the molecule is Nc1c(NCCCN2CCCC2)nc[nH]c1=O. The third-order valence-corrected chi connectivity index (χ3v) is 3.03. The number of hydrogen-bond acceptors (Lipinski definition) is 5. The third kappa shape index (κ3) is 3.20. The first-order chi connectivity index (χ1) is 8.27. The van der Waals surface area contributed by atoms with E-state index in [0.29, 0.717) is 5.82 Å². The Balaban J connectivity index is 1.74. The molecule has 2 heterocycles. The summed E-state index contributed by atoms with van der Waals surface area (Å²) in [5.74, 6) is 0.482. The van der Waals surface area contributed by atoms with Gasteiger partial charge in [0.05, 0.1) is 6.33 Å². The normalized spacial score (nSPS) is 16.2. The van der Waals surface area contributed by atoms with Gasteiger partial charge in [0.1, 0.15) is 5.69 Å². The van der Waals surface area contributed by atoms with E-state index in [-0.39, 0.29) is 11.2 Å². The van der Waals surface area contributed by atoms with Crippen LogP contribution < -0.4 is 16.6 Å². The Bertz CT molecular complexity index is 411. The maximum absolute atomic E-state index is 11.2. The van der Waals surface area contributed by atoms with Gasteiger partial charge in [-0.1, -0.05) is 0 Å². The van der Waals surface area contributed by atoms with Gasteiger partial charge in [0, 0.05) is 6.54 Å². The van der Waals surface area contributed by atoms with Crippen molar-refractivity contribution in [2.45, 2.75) is 19.3 Å². The molecule has 1 aliphatic heterocycles. The van der Waals surface area contributed by atoms with E-state index in [4.69, 9.17) is 5.73 Å². The predicted molar refractivity (Wildman–Crippen MR) is 68.1 cm³/mol. The maximum Gasteiger partial charge on any atom is 0.276 e. The van der Waals surface area contributed by atoms with Crippen LogP contribution in [0.2, 0.25) is 0 Å². The highest BCUT2D eigenvalue weighted by atomic mass is 16.1. The van der Waals surface area contributed by atoms with Crippen LogP contribution in [-0.2, 0) is 0 Å². The number of hydrogen-bond donors (Lipinski definition) is 3. The molecular weight excluding hydrogens is 218 g/mol. The van der Waals surface area contributed by atoms with E-state index in [1.165, 1.54) is 32.3 Å². The van der Waals surface area contributed by atoms with Crippen LogP contribution in [0.15, 0.2) is 11.1 Å². The van der Waals surface area contributed by atoms with Gasteiger partial charge in [0.25, 0.3) is 5.56 Å². The van der Waals surface area contributed by atoms with Gasteiger partial charge in [0.15, 0.2) is 5.82 Å². The van der Waals surface area contributed by atoms with Crippen molar-refractivity contribution in [1.82, 2.24) is 14.9 Å². The van der Waals surface area contributed by atoms with Gasteiger partial charge in [-0.25, -0.2) is 4.98 Å². The van der Waals surface area contributed by atoms with Crippen molar-refractivity contribution >= 4 is 11.5 Å². The highest BCUT2D eigenvalue weighted by Crippen LogP contribution is 2.09. The number of aromatic amines is 1. The number of H-pyrrole nitrogens is 1. The summed E-state index contributed by atoms with van der Waals surface area (Å²) in [4.78, 5) is 20.1. The number of anilines is 2. The summed E-state index contributed by atoms with van der Waals surface area (Å²) in [7, 11) is 0. The Morgan fingerprint density at radius 1 is 1.47 bits per heavy atom. The van der Waals surface area contributed by atoms with Crippen molar-refractivity contribution in [1.29, 1.82) is 0 Å². The summed E-state index contributed by atoms with van der Waals surface area (Å²) >= 11 is 0. The predicted octanol–water partition coefficient (Wildman–Crippen LogP) is 0.250. The van der Waals surface area contributed by atoms with E-state index in [2.05, 4.69) is 20.2 Å². The number of nitrogens with one attached hydrogen (secondary N) is 2. The summed E-state index contributed by atoms with van der Waals surface area (Å²) in [6.07, 6.45) is 5.03. The second-order valence-corrected chi connectivity index (χ2v) is 4.32. The minimum absolute atomic E-state index is 0.161. The van der Waals surface area contributed by atoms with Gasteiger partial charge in [-0.2, -0.15) is 0 Å². The topological polar surface area (TPSA) is 87.0 Å². The molecule has 4 N–H and O–H groups in total. The molecule has 0 aliphatic carbocycles. The van der Waals surface area contributed by atoms with Crippen LogP contribution >= 0.6 is 0 Å². The zero-order chi connectivity index (χ0) is 12.1. The van der Waals surface area contributed by atoms with E-state index < -0.39 is 0 Å². The molecule has 0 spiro atoms. The number of nitrogens with zero attached hydrogens (tertiary/aromatic N) is 2. The van der Waals surface area contributed by atoms with E-state index in [0.717, 1.165) is 19.5 Å². The van der Waals surface area contributed by atoms with Gasteiger partial charge in [-0.15, -0.1) is 0 Å². The van der Waals surface area contributed by atoms with E-state index in [1.807, 2.05) is 0 Å². The van der Waals surface area contributed by atoms with Crippen LogP contribution in [0.5, 0.6) is 0 Å². The Hall–Kier alpha value is -1.56. The molecule has 6 nitrogen and oxygen atoms in total. The first-order valence-corrected chi connectivity index (χ1v) is 6.07. The summed E-state index contributed by atoms with van der Waals surface area (Å²) in [6.45, 7) is 4.31. The summed E-state index contributed by atoms with van der Waals surface area (Å²) in [6, 6.07) is 0. The molecule has 94 valence electrons. The molecule has 1 aromatic heterocycles. The lowest BCUT2D eigenvalue weighted by molar-refractivity contribution is 0.337.